The molecular weight excluding hydrogens is 568 g/mol. The molecule has 13 heteroatoms. The lowest BCUT2D eigenvalue weighted by atomic mass is 9.85. The average molecular weight is 619 g/mol. The Kier molecular flexibility index (Phi) is 9.72. The molecule has 5 amide bonds. The van der Waals surface area contributed by atoms with E-state index >= 15 is 0 Å². The molecule has 7 N–H and O–H groups in total. The van der Waals surface area contributed by atoms with Crippen LogP contribution in [0.1, 0.15) is 75.2 Å². The highest BCUT2D eigenvalue weighted by molar-refractivity contribution is 6.37. The normalized spacial score (nSPS) is 22.8. The van der Waals surface area contributed by atoms with Crippen LogP contribution in [-0.2, 0) is 25.7 Å². The van der Waals surface area contributed by atoms with Gasteiger partial charge in [-0.15, -0.1) is 0 Å². The summed E-state index contributed by atoms with van der Waals surface area (Å²) < 4.78 is 1.28. The molecule has 246 valence electrons. The molecular formula is C31H50N6O7. The molecule has 1 saturated carbocycles. The molecule has 44 heavy (non-hydrogen) atoms. The second-order valence-corrected chi connectivity index (χ2v) is 15.0. The Labute approximate surface area is 259 Å². The summed E-state index contributed by atoms with van der Waals surface area (Å²) in [7, 11) is 0. The van der Waals surface area contributed by atoms with E-state index in [2.05, 4.69) is 16.0 Å². The molecule has 3 rings (SSSR count). The fourth-order valence-corrected chi connectivity index (χ4v) is 6.30. The number of nitrogens with zero attached hydrogens (tertiary/aromatic N) is 2. The van der Waals surface area contributed by atoms with E-state index in [0.717, 1.165) is 0 Å². The second-order valence-electron chi connectivity index (χ2n) is 15.0. The second kappa shape index (κ2) is 12.3. The van der Waals surface area contributed by atoms with E-state index < -0.39 is 64.5 Å². The van der Waals surface area contributed by atoms with E-state index in [9.17, 15) is 34.2 Å². The molecule has 2 fully saturated rings. The minimum Gasteiger partial charge on any atom is -0.494 e. The smallest absolute Gasteiger partial charge is 0.315 e. The summed E-state index contributed by atoms with van der Waals surface area (Å²) >= 11 is 0. The molecule has 1 aliphatic heterocycles. The predicted octanol–water partition coefficient (Wildman–Crippen LogP) is 1.85. The van der Waals surface area contributed by atoms with Gasteiger partial charge in [-0.05, 0) is 34.5 Å². The van der Waals surface area contributed by atoms with Crippen LogP contribution in [0.5, 0.6) is 11.8 Å². The van der Waals surface area contributed by atoms with Gasteiger partial charge in [0.15, 0.2) is 11.8 Å². The molecule has 0 bridgehead atoms. The number of ketones is 1. The number of fused-ring (bicyclic) bond motifs is 1. The van der Waals surface area contributed by atoms with E-state index in [-0.39, 0.29) is 42.0 Å². The lowest BCUT2D eigenvalue weighted by Gasteiger charge is -2.38. The molecule has 6 atom stereocenters. The summed E-state index contributed by atoms with van der Waals surface area (Å²) in [5.41, 5.74) is 3.77. The SMILES string of the molecule is CCCC(NC(=O)[C@@H]1[C@@H]2[C@H](CN1C(=O)[C@@H](NC(=O)N[C@H](Cn1c(O)ccc1O)C(C)(C)C)C(C)(C)C)C2(C)C)C(=O)C(N)=O. The highest BCUT2D eigenvalue weighted by atomic mass is 16.3. The maximum Gasteiger partial charge on any atom is 0.315 e. The molecule has 1 aliphatic carbocycles. The van der Waals surface area contributed by atoms with Crippen molar-refractivity contribution in [2.24, 2.45) is 33.8 Å². The van der Waals surface area contributed by atoms with Gasteiger partial charge in [0.2, 0.25) is 17.6 Å². The minimum absolute atomic E-state index is 0.0558. The summed E-state index contributed by atoms with van der Waals surface area (Å²) in [5.74, 6) is -3.38. The highest BCUT2D eigenvalue weighted by Crippen LogP contribution is 2.65. The minimum atomic E-state index is -1.13. The zero-order valence-corrected chi connectivity index (χ0v) is 27.4. The summed E-state index contributed by atoms with van der Waals surface area (Å²) in [4.78, 5) is 66.9. The van der Waals surface area contributed by atoms with Crippen molar-refractivity contribution in [1.82, 2.24) is 25.4 Å². The van der Waals surface area contributed by atoms with Gasteiger partial charge in [0.05, 0.1) is 12.1 Å². The van der Waals surface area contributed by atoms with Crippen LogP contribution in [0, 0.1) is 28.1 Å². The molecule has 1 aromatic rings. The molecule has 1 saturated heterocycles. The standard InChI is InChI=1S/C31H50N6O7/c1-10-11-17(23(40)25(32)41)33-26(42)22-21-16(31(21,8)9)14-37(22)27(43)24(30(5,6)7)35-28(44)34-18(29(2,3)4)15-36-19(38)12-13-20(36)39/h12-13,16-18,21-22,24,38-39H,10-11,14-15H2,1-9H3,(H2,32,41)(H,33,42)(H2,34,35,44)/t16-,17?,18+,21-,22-,24+/m0/s1. The van der Waals surface area contributed by atoms with Crippen LogP contribution in [0.3, 0.4) is 0 Å². The first-order chi connectivity index (χ1) is 20.1. The summed E-state index contributed by atoms with van der Waals surface area (Å²) in [6, 6.07) is -1.47. The third kappa shape index (κ3) is 7.13. The number of carbonyl (C=O) groups is 5. The zero-order chi connectivity index (χ0) is 33.5. The van der Waals surface area contributed by atoms with Gasteiger partial charge in [-0.25, -0.2) is 4.79 Å². The monoisotopic (exact) mass is 618 g/mol. The number of hydrogen-bond donors (Lipinski definition) is 6. The number of rotatable bonds is 11. The Morgan fingerprint density at radius 2 is 1.55 bits per heavy atom. The molecule has 0 radical (unpaired) electrons. The number of hydrogen-bond acceptors (Lipinski definition) is 7. The van der Waals surface area contributed by atoms with Crippen LogP contribution < -0.4 is 21.7 Å². The Balaban J connectivity index is 1.84. The fourth-order valence-electron chi connectivity index (χ4n) is 6.30. The topological polar surface area (TPSA) is 196 Å². The zero-order valence-electron chi connectivity index (χ0n) is 27.4. The lowest BCUT2D eigenvalue weighted by molar-refractivity contribution is -0.145. The van der Waals surface area contributed by atoms with E-state index in [4.69, 9.17) is 5.73 Å². The van der Waals surface area contributed by atoms with Crippen LogP contribution in [0.4, 0.5) is 4.79 Å². The van der Waals surface area contributed by atoms with Crippen molar-refractivity contribution in [1.29, 1.82) is 0 Å². The van der Waals surface area contributed by atoms with Gasteiger partial charge in [0.1, 0.15) is 12.1 Å². The van der Waals surface area contributed by atoms with Crippen molar-refractivity contribution in [2.45, 2.75) is 106 Å². The van der Waals surface area contributed by atoms with E-state index in [1.165, 1.54) is 21.6 Å². The summed E-state index contributed by atoms with van der Waals surface area (Å²) in [6.07, 6.45) is 0.755. The lowest BCUT2D eigenvalue weighted by Crippen LogP contribution is -2.62. The van der Waals surface area contributed by atoms with E-state index in [1.54, 1.807) is 0 Å². The average Bonchev–Trinajstić information content (AvgIpc) is 3.19. The van der Waals surface area contributed by atoms with Crippen molar-refractivity contribution < 1.29 is 34.2 Å². The van der Waals surface area contributed by atoms with Gasteiger partial charge in [0, 0.05) is 25.2 Å². The highest BCUT2D eigenvalue weighted by Gasteiger charge is 2.70. The van der Waals surface area contributed by atoms with Crippen molar-refractivity contribution in [3.05, 3.63) is 12.1 Å². The third-order valence-electron chi connectivity index (χ3n) is 9.25. The Morgan fingerprint density at radius 1 is 0.977 bits per heavy atom. The van der Waals surface area contributed by atoms with Gasteiger partial charge >= 0.3 is 6.03 Å². The molecule has 1 aromatic heterocycles. The fraction of sp³-hybridized carbons (Fsp3) is 0.710. The van der Waals surface area contributed by atoms with Crippen LogP contribution in [0.25, 0.3) is 0 Å². The Bertz CT molecular complexity index is 1270. The first kappa shape index (κ1) is 34.7. The first-order valence-electron chi connectivity index (χ1n) is 15.2. The van der Waals surface area contributed by atoms with Crippen molar-refractivity contribution >= 4 is 29.5 Å². The number of urea groups is 1. The molecule has 2 aliphatic rings. The van der Waals surface area contributed by atoms with Crippen LogP contribution in [0.15, 0.2) is 12.1 Å². The maximum absolute atomic E-state index is 14.2. The summed E-state index contributed by atoms with van der Waals surface area (Å²) in [5, 5.41) is 28.7. The number of aromatic hydroxyl groups is 2. The van der Waals surface area contributed by atoms with Gasteiger partial charge in [0.25, 0.3) is 5.91 Å². The van der Waals surface area contributed by atoms with Gasteiger partial charge < -0.3 is 36.8 Å². The van der Waals surface area contributed by atoms with Gasteiger partial charge in [-0.1, -0.05) is 68.7 Å². The number of carbonyl (C=O) groups excluding carboxylic acids is 5. The number of aromatic nitrogens is 1. The number of amides is 5. The first-order valence-corrected chi connectivity index (χ1v) is 15.2. The van der Waals surface area contributed by atoms with Crippen molar-refractivity contribution in [3.63, 3.8) is 0 Å². The Hall–Kier alpha value is -3.77. The number of nitrogens with two attached hydrogens (primary N) is 1. The number of likely N-dealkylation sites (tertiary alicyclic amines) is 1. The van der Waals surface area contributed by atoms with Crippen molar-refractivity contribution in [3.8, 4) is 11.8 Å². The Morgan fingerprint density at radius 3 is 2.02 bits per heavy atom. The number of primary amides is 1. The van der Waals surface area contributed by atoms with E-state index in [1.807, 2.05) is 62.3 Å². The van der Waals surface area contributed by atoms with Crippen LogP contribution >= 0.6 is 0 Å². The number of nitrogens with one attached hydrogen (secondary N) is 3. The molecule has 2 heterocycles. The maximum atomic E-state index is 14.2. The molecule has 1 unspecified atom stereocenters. The van der Waals surface area contributed by atoms with Gasteiger partial charge in [-0.3, -0.25) is 23.7 Å². The van der Waals surface area contributed by atoms with Gasteiger partial charge in [-0.2, -0.15) is 0 Å². The number of Topliss-reactive ketones (excluding diaryl/α,β-unsaturated/α-hetero) is 1. The summed E-state index contributed by atoms with van der Waals surface area (Å²) in [6.45, 7) is 17.4. The largest absolute Gasteiger partial charge is 0.494 e. The van der Waals surface area contributed by atoms with Crippen LogP contribution in [0.2, 0.25) is 0 Å². The quantitative estimate of drug-likeness (QED) is 0.204. The molecule has 0 spiro atoms. The number of piperidine rings is 1. The third-order valence-corrected chi connectivity index (χ3v) is 9.25. The molecule has 0 aromatic carbocycles. The molecule has 13 nitrogen and oxygen atoms in total. The van der Waals surface area contributed by atoms with Crippen molar-refractivity contribution in [2.75, 3.05) is 6.54 Å². The van der Waals surface area contributed by atoms with E-state index in [0.29, 0.717) is 13.0 Å². The predicted molar refractivity (Wildman–Crippen MR) is 163 cm³/mol. The van der Waals surface area contributed by atoms with Crippen LogP contribution in [-0.4, -0.2) is 79.9 Å².